The zero-order valence-corrected chi connectivity index (χ0v) is 15.7. The zero-order chi connectivity index (χ0) is 18.6. The van der Waals surface area contributed by atoms with Gasteiger partial charge in [0.2, 0.25) is 0 Å². The first-order valence-electron chi connectivity index (χ1n) is 8.13. The van der Waals surface area contributed by atoms with Gasteiger partial charge < -0.3 is 10.4 Å². The summed E-state index contributed by atoms with van der Waals surface area (Å²) in [5.41, 5.74) is 0.993. The van der Waals surface area contributed by atoms with Crippen LogP contribution < -0.4 is 5.32 Å². The Morgan fingerprint density at radius 1 is 1.04 bits per heavy atom. The zero-order valence-electron chi connectivity index (χ0n) is 14.9. The van der Waals surface area contributed by atoms with Gasteiger partial charge in [0.15, 0.2) is 0 Å². The van der Waals surface area contributed by atoms with Crippen LogP contribution in [0.5, 0.6) is 0 Å². The third-order valence-electron chi connectivity index (χ3n) is 3.89. The number of rotatable bonds is 6. The second-order valence-electron chi connectivity index (χ2n) is 6.62. The van der Waals surface area contributed by atoms with Crippen molar-refractivity contribution in [2.75, 3.05) is 5.32 Å². The molecule has 2 aromatic rings. The standard InChI is InChI=1S/C20H23NO3S/c1-13(2)25-17-8-6-5-7-16(17)18(22)21-15-11-9-14(10-12-15)20(3,4)19(23)24/h5-13H,1-4H3,(H,21,22)(H,23,24). The predicted octanol–water partition coefficient (Wildman–Crippen LogP) is 4.80. The first-order valence-corrected chi connectivity index (χ1v) is 9.00. The summed E-state index contributed by atoms with van der Waals surface area (Å²) in [4.78, 5) is 24.9. The maximum atomic E-state index is 12.6. The average molecular weight is 357 g/mol. The summed E-state index contributed by atoms with van der Waals surface area (Å²) in [6.07, 6.45) is 0. The lowest BCUT2D eigenvalue weighted by atomic mass is 9.85. The number of carbonyl (C=O) groups is 2. The quantitative estimate of drug-likeness (QED) is 0.729. The van der Waals surface area contributed by atoms with Crippen LogP contribution in [0.3, 0.4) is 0 Å². The summed E-state index contributed by atoms with van der Waals surface area (Å²) in [6, 6.07) is 14.4. The first-order chi connectivity index (χ1) is 11.7. The van der Waals surface area contributed by atoms with Crippen LogP contribution >= 0.6 is 11.8 Å². The molecule has 1 amide bonds. The summed E-state index contributed by atoms with van der Waals surface area (Å²) in [5, 5.41) is 12.5. The molecule has 0 heterocycles. The van der Waals surface area contributed by atoms with Gasteiger partial charge in [0.25, 0.3) is 5.91 Å². The molecule has 0 unspecified atom stereocenters. The lowest BCUT2D eigenvalue weighted by molar-refractivity contribution is -0.142. The van der Waals surface area contributed by atoms with Crippen molar-refractivity contribution in [3.05, 3.63) is 59.7 Å². The molecule has 0 aliphatic carbocycles. The van der Waals surface area contributed by atoms with Crippen molar-refractivity contribution >= 4 is 29.3 Å². The van der Waals surface area contributed by atoms with E-state index in [1.807, 2.05) is 24.3 Å². The first kappa shape index (κ1) is 19.1. The minimum atomic E-state index is -0.969. The van der Waals surface area contributed by atoms with Crippen molar-refractivity contribution in [2.24, 2.45) is 0 Å². The minimum Gasteiger partial charge on any atom is -0.481 e. The Kier molecular flexibility index (Phi) is 5.90. The predicted molar refractivity (Wildman–Crippen MR) is 102 cm³/mol. The highest BCUT2D eigenvalue weighted by Crippen LogP contribution is 2.28. The molecule has 0 aromatic heterocycles. The maximum absolute atomic E-state index is 12.6. The Balaban J connectivity index is 2.18. The fourth-order valence-electron chi connectivity index (χ4n) is 2.30. The van der Waals surface area contributed by atoms with Crippen LogP contribution in [0.1, 0.15) is 43.6 Å². The van der Waals surface area contributed by atoms with Gasteiger partial charge in [0, 0.05) is 15.8 Å². The van der Waals surface area contributed by atoms with E-state index in [2.05, 4.69) is 19.2 Å². The molecular weight excluding hydrogens is 334 g/mol. The lowest BCUT2D eigenvalue weighted by Crippen LogP contribution is -2.28. The molecule has 0 saturated heterocycles. The SMILES string of the molecule is CC(C)Sc1ccccc1C(=O)Nc1ccc(C(C)(C)C(=O)O)cc1. The molecule has 0 radical (unpaired) electrons. The Morgan fingerprint density at radius 3 is 2.20 bits per heavy atom. The fourth-order valence-corrected chi connectivity index (χ4v) is 3.26. The number of nitrogens with one attached hydrogen (secondary N) is 1. The van der Waals surface area contributed by atoms with Crippen molar-refractivity contribution in [1.82, 2.24) is 0 Å². The second kappa shape index (κ2) is 7.74. The molecule has 25 heavy (non-hydrogen) atoms. The molecule has 2 N–H and O–H groups in total. The van der Waals surface area contributed by atoms with E-state index >= 15 is 0 Å². The Bertz CT molecular complexity index is 767. The van der Waals surface area contributed by atoms with Gasteiger partial charge in [-0.1, -0.05) is 38.1 Å². The smallest absolute Gasteiger partial charge is 0.313 e. The summed E-state index contributed by atoms with van der Waals surface area (Å²) in [7, 11) is 0. The van der Waals surface area contributed by atoms with Crippen LogP contribution in [-0.2, 0) is 10.2 Å². The van der Waals surface area contributed by atoms with Crippen molar-refractivity contribution < 1.29 is 14.7 Å². The molecule has 4 nitrogen and oxygen atoms in total. The topological polar surface area (TPSA) is 66.4 Å². The molecule has 2 rings (SSSR count). The molecule has 0 bridgehead atoms. The van der Waals surface area contributed by atoms with Gasteiger partial charge in [-0.2, -0.15) is 0 Å². The highest BCUT2D eigenvalue weighted by Gasteiger charge is 2.29. The molecule has 5 heteroatoms. The number of benzene rings is 2. The summed E-state index contributed by atoms with van der Waals surface area (Å²) in [5.74, 6) is -1.06. The molecule has 0 aliphatic rings. The van der Waals surface area contributed by atoms with Gasteiger partial charge in [-0.05, 0) is 43.7 Å². The number of thioether (sulfide) groups is 1. The highest BCUT2D eigenvalue weighted by molar-refractivity contribution is 8.00. The van der Waals surface area contributed by atoms with Crippen LogP contribution in [-0.4, -0.2) is 22.2 Å². The molecule has 132 valence electrons. The van der Waals surface area contributed by atoms with Gasteiger partial charge in [-0.15, -0.1) is 11.8 Å². The molecule has 0 spiro atoms. The Morgan fingerprint density at radius 2 is 1.64 bits per heavy atom. The van der Waals surface area contributed by atoms with Gasteiger partial charge in [0.1, 0.15) is 0 Å². The Labute approximate surface area is 152 Å². The van der Waals surface area contributed by atoms with Crippen LogP contribution in [0, 0.1) is 0 Å². The van der Waals surface area contributed by atoms with Crippen molar-refractivity contribution in [2.45, 2.75) is 43.3 Å². The van der Waals surface area contributed by atoms with E-state index in [1.165, 1.54) is 0 Å². The van der Waals surface area contributed by atoms with E-state index in [-0.39, 0.29) is 5.91 Å². The lowest BCUT2D eigenvalue weighted by Gasteiger charge is -2.20. The molecule has 0 saturated carbocycles. The average Bonchev–Trinajstić information content (AvgIpc) is 2.55. The van der Waals surface area contributed by atoms with E-state index in [9.17, 15) is 14.7 Å². The van der Waals surface area contributed by atoms with Crippen LogP contribution in [0.4, 0.5) is 5.69 Å². The fraction of sp³-hybridized carbons (Fsp3) is 0.300. The van der Waals surface area contributed by atoms with Gasteiger partial charge in [-0.3, -0.25) is 9.59 Å². The molecule has 0 atom stereocenters. The number of carboxylic acid groups (broad SMARTS) is 1. The number of carboxylic acids is 1. The van der Waals surface area contributed by atoms with Crippen LogP contribution in [0.2, 0.25) is 0 Å². The van der Waals surface area contributed by atoms with Crippen LogP contribution in [0.25, 0.3) is 0 Å². The molecular formula is C20H23NO3S. The number of aliphatic carboxylic acids is 1. The Hall–Kier alpha value is -2.27. The maximum Gasteiger partial charge on any atom is 0.313 e. The number of anilines is 1. The van der Waals surface area contributed by atoms with Gasteiger partial charge in [-0.25, -0.2) is 0 Å². The number of carbonyl (C=O) groups excluding carboxylic acids is 1. The summed E-state index contributed by atoms with van der Waals surface area (Å²) >= 11 is 1.65. The van der Waals surface area contributed by atoms with E-state index in [0.29, 0.717) is 22.1 Å². The van der Waals surface area contributed by atoms with Crippen LogP contribution in [0.15, 0.2) is 53.4 Å². The summed E-state index contributed by atoms with van der Waals surface area (Å²) < 4.78 is 0. The normalized spacial score (nSPS) is 11.4. The number of amides is 1. The number of hydrogen-bond donors (Lipinski definition) is 2. The van der Waals surface area contributed by atoms with Crippen molar-refractivity contribution in [1.29, 1.82) is 0 Å². The van der Waals surface area contributed by atoms with E-state index in [4.69, 9.17) is 0 Å². The minimum absolute atomic E-state index is 0.172. The van der Waals surface area contributed by atoms with E-state index < -0.39 is 11.4 Å². The van der Waals surface area contributed by atoms with Crippen molar-refractivity contribution in [3.8, 4) is 0 Å². The van der Waals surface area contributed by atoms with Crippen molar-refractivity contribution in [3.63, 3.8) is 0 Å². The largest absolute Gasteiger partial charge is 0.481 e. The third-order valence-corrected chi connectivity index (χ3v) is 4.97. The molecule has 2 aromatic carbocycles. The monoisotopic (exact) mass is 357 g/mol. The van der Waals surface area contributed by atoms with Gasteiger partial charge >= 0.3 is 5.97 Å². The summed E-state index contributed by atoms with van der Waals surface area (Å²) in [6.45, 7) is 7.48. The third kappa shape index (κ3) is 4.63. The molecule has 0 fully saturated rings. The molecule has 0 aliphatic heterocycles. The number of hydrogen-bond acceptors (Lipinski definition) is 3. The second-order valence-corrected chi connectivity index (χ2v) is 8.24. The van der Waals surface area contributed by atoms with Gasteiger partial charge in [0.05, 0.1) is 11.0 Å². The van der Waals surface area contributed by atoms with E-state index in [1.54, 1.807) is 49.9 Å². The van der Waals surface area contributed by atoms with E-state index in [0.717, 1.165) is 4.90 Å². The highest BCUT2D eigenvalue weighted by atomic mass is 32.2.